The fourth-order valence-corrected chi connectivity index (χ4v) is 2.77. The first kappa shape index (κ1) is 18.6. The zero-order chi connectivity index (χ0) is 17.7. The van der Waals surface area contributed by atoms with Gasteiger partial charge in [-0.25, -0.2) is 4.39 Å². The van der Waals surface area contributed by atoms with E-state index in [4.69, 9.17) is 0 Å². The molecule has 5 heteroatoms. The van der Waals surface area contributed by atoms with Gasteiger partial charge in [0.25, 0.3) is 0 Å². The number of carbonyl (C=O) groups is 1. The molecule has 0 saturated carbocycles. The molecule has 0 aliphatic carbocycles. The van der Waals surface area contributed by atoms with E-state index >= 15 is 0 Å². The normalized spacial score (nSPS) is 12.2. The molecule has 0 bridgehead atoms. The fraction of sp³-hybridized carbons (Fsp3) is 0.316. The average molecular weight is 393 g/mol. The second-order valence-corrected chi connectivity index (χ2v) is 6.96. The second-order valence-electron chi connectivity index (χ2n) is 6.04. The van der Waals surface area contributed by atoms with Crippen LogP contribution < -0.4 is 0 Å². The quantitative estimate of drug-likeness (QED) is 0.739. The molecular formula is C19H22BrFN2O. The Labute approximate surface area is 151 Å². The highest BCUT2D eigenvalue weighted by Gasteiger charge is 2.21. The van der Waals surface area contributed by atoms with Crippen molar-refractivity contribution in [3.05, 3.63) is 69.9 Å². The summed E-state index contributed by atoms with van der Waals surface area (Å²) in [5.74, 6) is -0.271. The summed E-state index contributed by atoms with van der Waals surface area (Å²) >= 11 is 3.42. The first-order chi connectivity index (χ1) is 11.4. The molecule has 0 radical (unpaired) electrons. The average Bonchev–Trinajstić information content (AvgIpc) is 2.55. The molecule has 0 aromatic heterocycles. The lowest BCUT2D eigenvalue weighted by atomic mass is 10.1. The molecule has 128 valence electrons. The number of nitrogens with zero attached hydrogens (tertiary/aromatic N) is 2. The Bertz CT molecular complexity index is 690. The summed E-state index contributed by atoms with van der Waals surface area (Å²) in [4.78, 5) is 16.2. The molecule has 0 fully saturated rings. The molecular weight excluding hydrogens is 371 g/mol. The lowest BCUT2D eigenvalue weighted by Crippen LogP contribution is -2.43. The third-order valence-electron chi connectivity index (χ3n) is 4.05. The van der Waals surface area contributed by atoms with Gasteiger partial charge in [0.05, 0.1) is 6.04 Å². The minimum atomic E-state index is -0.284. The molecule has 0 aliphatic rings. The molecule has 2 aromatic carbocycles. The first-order valence-corrected chi connectivity index (χ1v) is 8.60. The van der Waals surface area contributed by atoms with E-state index in [9.17, 15) is 9.18 Å². The van der Waals surface area contributed by atoms with Crippen LogP contribution in [0.2, 0.25) is 0 Å². The molecule has 0 saturated heterocycles. The number of likely N-dealkylation sites (N-methyl/N-ethyl adjacent to an activating group) is 2. The summed E-state index contributed by atoms with van der Waals surface area (Å²) in [6.45, 7) is 2.98. The molecule has 24 heavy (non-hydrogen) atoms. The van der Waals surface area contributed by atoms with Crippen molar-refractivity contribution < 1.29 is 9.18 Å². The third kappa shape index (κ3) is 5.14. The number of rotatable bonds is 6. The molecule has 0 N–H and O–H groups in total. The van der Waals surface area contributed by atoms with Crippen molar-refractivity contribution in [3.63, 3.8) is 0 Å². The Morgan fingerprint density at radius 3 is 2.38 bits per heavy atom. The van der Waals surface area contributed by atoms with E-state index in [-0.39, 0.29) is 17.8 Å². The van der Waals surface area contributed by atoms with Crippen LogP contribution in [0.4, 0.5) is 4.39 Å². The van der Waals surface area contributed by atoms with Crippen LogP contribution >= 0.6 is 15.9 Å². The van der Waals surface area contributed by atoms with Gasteiger partial charge in [-0.15, -0.1) is 0 Å². The van der Waals surface area contributed by atoms with Gasteiger partial charge < -0.3 is 4.90 Å². The molecule has 0 spiro atoms. The van der Waals surface area contributed by atoms with E-state index in [0.29, 0.717) is 13.1 Å². The summed E-state index contributed by atoms with van der Waals surface area (Å²) in [5.41, 5.74) is 1.93. The van der Waals surface area contributed by atoms with Gasteiger partial charge >= 0.3 is 0 Å². The number of carbonyl (C=O) groups excluding carboxylic acids is 1. The van der Waals surface area contributed by atoms with E-state index < -0.39 is 0 Å². The zero-order valence-electron chi connectivity index (χ0n) is 14.2. The maximum atomic E-state index is 13.3. The van der Waals surface area contributed by atoms with E-state index in [1.807, 2.05) is 49.2 Å². The van der Waals surface area contributed by atoms with Crippen LogP contribution in [0.15, 0.2) is 53.0 Å². The van der Waals surface area contributed by atoms with Crippen molar-refractivity contribution >= 4 is 21.8 Å². The minimum Gasteiger partial charge on any atom is -0.340 e. The predicted octanol–water partition coefficient (Wildman–Crippen LogP) is 4.07. The number of hydrogen-bond acceptors (Lipinski definition) is 2. The van der Waals surface area contributed by atoms with Crippen molar-refractivity contribution in [2.75, 3.05) is 14.1 Å². The highest BCUT2D eigenvalue weighted by molar-refractivity contribution is 9.10. The summed E-state index contributed by atoms with van der Waals surface area (Å²) in [5, 5.41) is 0. The molecule has 0 heterocycles. The number of hydrogen-bond donors (Lipinski definition) is 0. The van der Waals surface area contributed by atoms with Crippen molar-refractivity contribution in [2.45, 2.75) is 26.1 Å². The van der Waals surface area contributed by atoms with Gasteiger partial charge in [-0.05, 0) is 49.4 Å². The monoisotopic (exact) mass is 392 g/mol. The van der Waals surface area contributed by atoms with Gasteiger partial charge in [0.1, 0.15) is 5.82 Å². The summed E-state index contributed by atoms with van der Waals surface area (Å²) in [7, 11) is 3.68. The van der Waals surface area contributed by atoms with E-state index in [0.717, 1.165) is 15.6 Å². The largest absolute Gasteiger partial charge is 0.340 e. The Morgan fingerprint density at radius 1 is 1.08 bits per heavy atom. The van der Waals surface area contributed by atoms with E-state index in [1.54, 1.807) is 18.0 Å². The van der Waals surface area contributed by atoms with Crippen molar-refractivity contribution in [1.82, 2.24) is 9.80 Å². The standard InChI is InChI=1S/C19H22BrFN2O/c1-14(22(2)12-15-7-9-17(20)10-8-15)19(24)23(3)13-16-5-4-6-18(21)11-16/h4-11,14H,12-13H2,1-3H3. The van der Waals surface area contributed by atoms with Crippen LogP contribution in [-0.2, 0) is 17.9 Å². The maximum Gasteiger partial charge on any atom is 0.239 e. The van der Waals surface area contributed by atoms with Crippen LogP contribution in [0.25, 0.3) is 0 Å². The topological polar surface area (TPSA) is 23.6 Å². The zero-order valence-corrected chi connectivity index (χ0v) is 15.8. The Morgan fingerprint density at radius 2 is 1.75 bits per heavy atom. The number of benzene rings is 2. The van der Waals surface area contributed by atoms with Crippen LogP contribution in [0.3, 0.4) is 0 Å². The van der Waals surface area contributed by atoms with Gasteiger partial charge in [0.15, 0.2) is 0 Å². The van der Waals surface area contributed by atoms with Crippen LogP contribution in [-0.4, -0.2) is 35.8 Å². The maximum absolute atomic E-state index is 13.3. The first-order valence-electron chi connectivity index (χ1n) is 7.81. The second kappa shape index (κ2) is 8.40. The molecule has 2 rings (SSSR count). The molecule has 1 amide bonds. The fourth-order valence-electron chi connectivity index (χ4n) is 2.51. The molecule has 0 aliphatic heterocycles. The summed E-state index contributed by atoms with van der Waals surface area (Å²) in [6.07, 6.45) is 0. The van der Waals surface area contributed by atoms with Crippen LogP contribution in [0, 0.1) is 5.82 Å². The van der Waals surface area contributed by atoms with E-state index in [2.05, 4.69) is 15.9 Å². The van der Waals surface area contributed by atoms with Crippen LogP contribution in [0.5, 0.6) is 0 Å². The van der Waals surface area contributed by atoms with Gasteiger partial charge in [0, 0.05) is 24.6 Å². The summed E-state index contributed by atoms with van der Waals surface area (Å²) < 4.78 is 14.3. The van der Waals surface area contributed by atoms with Crippen molar-refractivity contribution in [2.24, 2.45) is 0 Å². The molecule has 2 aromatic rings. The Balaban J connectivity index is 1.95. The smallest absolute Gasteiger partial charge is 0.239 e. The number of halogens is 2. The Hall–Kier alpha value is -1.72. The highest BCUT2D eigenvalue weighted by Crippen LogP contribution is 2.14. The molecule has 3 nitrogen and oxygen atoms in total. The lowest BCUT2D eigenvalue weighted by molar-refractivity contribution is -0.135. The van der Waals surface area contributed by atoms with Crippen molar-refractivity contribution in [1.29, 1.82) is 0 Å². The van der Waals surface area contributed by atoms with Gasteiger partial charge in [0.2, 0.25) is 5.91 Å². The molecule has 1 atom stereocenters. The highest BCUT2D eigenvalue weighted by atomic mass is 79.9. The van der Waals surface area contributed by atoms with Gasteiger partial charge in [-0.1, -0.05) is 40.2 Å². The lowest BCUT2D eigenvalue weighted by Gasteiger charge is -2.28. The Kier molecular flexibility index (Phi) is 6.52. The summed E-state index contributed by atoms with van der Waals surface area (Å²) in [6, 6.07) is 14.1. The number of amides is 1. The van der Waals surface area contributed by atoms with Gasteiger partial charge in [-0.2, -0.15) is 0 Å². The van der Waals surface area contributed by atoms with E-state index in [1.165, 1.54) is 12.1 Å². The van der Waals surface area contributed by atoms with Crippen molar-refractivity contribution in [3.8, 4) is 0 Å². The van der Waals surface area contributed by atoms with Gasteiger partial charge in [-0.3, -0.25) is 9.69 Å². The van der Waals surface area contributed by atoms with Crippen LogP contribution in [0.1, 0.15) is 18.1 Å². The SMILES string of the molecule is CC(C(=O)N(C)Cc1cccc(F)c1)N(C)Cc1ccc(Br)cc1. The third-order valence-corrected chi connectivity index (χ3v) is 4.58. The minimum absolute atomic E-state index is 0.0128. The predicted molar refractivity (Wildman–Crippen MR) is 97.9 cm³/mol. The molecule has 1 unspecified atom stereocenters.